The molecule has 0 fully saturated rings. The summed E-state index contributed by atoms with van der Waals surface area (Å²) in [6, 6.07) is 9.83. The molecule has 0 radical (unpaired) electrons. The van der Waals surface area contributed by atoms with E-state index in [1.165, 1.54) is 0 Å². The number of hydrogen-bond donors (Lipinski definition) is 2. The van der Waals surface area contributed by atoms with Crippen molar-refractivity contribution in [3.63, 3.8) is 0 Å². The Balaban J connectivity index is 2.59. The van der Waals surface area contributed by atoms with Gasteiger partial charge in [-0.2, -0.15) is 0 Å². The largest absolute Gasteiger partial charge is 0.357 e. The topological polar surface area (TPSA) is 50.4 Å². The first-order chi connectivity index (χ1) is 5.84. The van der Waals surface area contributed by atoms with Gasteiger partial charge >= 0.3 is 0 Å². The maximum Gasteiger partial charge on any atom is 0.101 e. The molecular weight excluding hydrogens is 150 g/mol. The molecule has 3 N–H and O–H groups in total. The maximum absolute atomic E-state index is 5.78. The van der Waals surface area contributed by atoms with Crippen LogP contribution in [-0.2, 0) is 0 Å². The van der Waals surface area contributed by atoms with E-state index in [4.69, 9.17) is 5.73 Å². The fraction of sp³-hybridized carbons (Fsp3) is 0.222. The normalized spacial score (nSPS) is 13.2. The monoisotopic (exact) mass is 163 g/mol. The van der Waals surface area contributed by atoms with Crippen LogP contribution in [-0.4, -0.2) is 13.4 Å². The highest BCUT2D eigenvalue weighted by molar-refractivity contribution is 5.54. The highest BCUT2D eigenvalue weighted by atomic mass is 15.0. The fourth-order valence-corrected chi connectivity index (χ4v) is 0.911. The molecule has 0 heterocycles. The molecule has 3 heteroatoms. The summed E-state index contributed by atoms with van der Waals surface area (Å²) in [6.45, 7) is 0. The molecule has 0 saturated heterocycles. The van der Waals surface area contributed by atoms with Gasteiger partial charge < -0.3 is 11.1 Å². The predicted octanol–water partition coefficient (Wildman–Crippen LogP) is 0.892. The van der Waals surface area contributed by atoms with Crippen LogP contribution in [0.25, 0.3) is 0 Å². The van der Waals surface area contributed by atoms with Crippen molar-refractivity contribution in [1.29, 1.82) is 0 Å². The van der Waals surface area contributed by atoms with Crippen molar-refractivity contribution in [2.45, 2.75) is 6.17 Å². The van der Waals surface area contributed by atoms with Gasteiger partial charge in [-0.3, -0.25) is 4.99 Å². The Bertz CT molecular complexity index is 243. The highest BCUT2D eigenvalue weighted by Gasteiger charge is 1.99. The van der Waals surface area contributed by atoms with E-state index < -0.39 is 0 Å². The minimum absolute atomic E-state index is 0.171. The van der Waals surface area contributed by atoms with Gasteiger partial charge in [0.25, 0.3) is 0 Å². The lowest BCUT2D eigenvalue weighted by atomic mass is 10.2. The number of nitrogens with two attached hydrogens (primary N) is 1. The molecule has 1 rings (SSSR count). The van der Waals surface area contributed by atoms with Gasteiger partial charge in [-0.15, -0.1) is 0 Å². The van der Waals surface area contributed by atoms with Crippen molar-refractivity contribution < 1.29 is 0 Å². The Labute approximate surface area is 72.3 Å². The molecule has 1 atom stereocenters. The Morgan fingerprint density at radius 1 is 1.42 bits per heavy atom. The quantitative estimate of drug-likeness (QED) is 0.395. The first kappa shape index (κ1) is 8.74. The highest BCUT2D eigenvalue weighted by Crippen LogP contribution is 2.04. The molecule has 0 saturated carbocycles. The van der Waals surface area contributed by atoms with Gasteiger partial charge in [0.15, 0.2) is 0 Å². The molecular formula is C9H13N3. The maximum atomic E-state index is 5.78. The lowest BCUT2D eigenvalue weighted by Gasteiger charge is -2.10. The first-order valence-corrected chi connectivity index (χ1v) is 3.82. The lowest BCUT2D eigenvalue weighted by Crippen LogP contribution is -2.27. The van der Waals surface area contributed by atoms with Crippen LogP contribution in [0, 0.1) is 0 Å². The Kier molecular flexibility index (Phi) is 3.29. The molecule has 0 aliphatic heterocycles. The summed E-state index contributed by atoms with van der Waals surface area (Å²) >= 11 is 0. The van der Waals surface area contributed by atoms with Crippen molar-refractivity contribution in [1.82, 2.24) is 5.32 Å². The smallest absolute Gasteiger partial charge is 0.101 e. The SMILES string of the molecule is CN=CNC(N)c1ccccc1. The van der Waals surface area contributed by atoms with Crippen LogP contribution in [0.1, 0.15) is 11.7 Å². The van der Waals surface area contributed by atoms with Crippen LogP contribution in [0.4, 0.5) is 0 Å². The van der Waals surface area contributed by atoms with E-state index in [1.807, 2.05) is 30.3 Å². The number of rotatable bonds is 3. The standard InChI is InChI=1S/C9H13N3/c1-11-7-12-9(10)8-5-3-2-4-6-8/h2-7,9H,10H2,1H3,(H,11,12). The van der Waals surface area contributed by atoms with Gasteiger partial charge in [-0.05, 0) is 5.56 Å². The number of aliphatic imine (C=N–C) groups is 1. The van der Waals surface area contributed by atoms with Crippen LogP contribution < -0.4 is 11.1 Å². The van der Waals surface area contributed by atoms with Crippen LogP contribution >= 0.6 is 0 Å². The van der Waals surface area contributed by atoms with Gasteiger partial charge in [0, 0.05) is 7.05 Å². The molecule has 1 aromatic carbocycles. The summed E-state index contributed by atoms with van der Waals surface area (Å²) < 4.78 is 0. The Hall–Kier alpha value is -1.35. The summed E-state index contributed by atoms with van der Waals surface area (Å²) in [7, 11) is 1.70. The summed E-state index contributed by atoms with van der Waals surface area (Å²) in [5, 5.41) is 2.93. The van der Waals surface area contributed by atoms with Crippen LogP contribution in [0.3, 0.4) is 0 Å². The summed E-state index contributed by atoms with van der Waals surface area (Å²) in [5.41, 5.74) is 6.83. The Morgan fingerprint density at radius 2 is 2.08 bits per heavy atom. The molecule has 64 valence electrons. The van der Waals surface area contributed by atoms with E-state index in [9.17, 15) is 0 Å². The molecule has 0 aliphatic rings. The fourth-order valence-electron chi connectivity index (χ4n) is 0.911. The second-order valence-electron chi connectivity index (χ2n) is 2.44. The van der Waals surface area contributed by atoms with E-state index in [2.05, 4.69) is 10.3 Å². The van der Waals surface area contributed by atoms with Gasteiger partial charge in [0.05, 0.1) is 6.34 Å². The van der Waals surface area contributed by atoms with E-state index in [1.54, 1.807) is 13.4 Å². The third kappa shape index (κ3) is 2.36. The molecule has 1 aromatic rings. The summed E-state index contributed by atoms with van der Waals surface area (Å²) in [4.78, 5) is 3.79. The minimum atomic E-state index is -0.171. The molecule has 0 aliphatic carbocycles. The molecule has 0 bridgehead atoms. The third-order valence-electron chi connectivity index (χ3n) is 1.54. The van der Waals surface area contributed by atoms with Gasteiger partial charge in [-0.25, -0.2) is 0 Å². The van der Waals surface area contributed by atoms with Gasteiger partial charge in [0.1, 0.15) is 6.17 Å². The molecule has 3 nitrogen and oxygen atoms in total. The zero-order valence-electron chi connectivity index (χ0n) is 7.07. The first-order valence-electron chi connectivity index (χ1n) is 3.82. The zero-order chi connectivity index (χ0) is 8.81. The van der Waals surface area contributed by atoms with E-state index in [0.29, 0.717) is 0 Å². The van der Waals surface area contributed by atoms with Gasteiger partial charge in [-0.1, -0.05) is 30.3 Å². The van der Waals surface area contributed by atoms with Crippen LogP contribution in [0.15, 0.2) is 35.3 Å². The molecule has 0 aromatic heterocycles. The van der Waals surface area contributed by atoms with Crippen molar-refractivity contribution in [2.75, 3.05) is 7.05 Å². The molecule has 12 heavy (non-hydrogen) atoms. The van der Waals surface area contributed by atoms with E-state index in [-0.39, 0.29) is 6.17 Å². The van der Waals surface area contributed by atoms with Crippen LogP contribution in [0.2, 0.25) is 0 Å². The lowest BCUT2D eigenvalue weighted by molar-refractivity contribution is 0.690. The Morgan fingerprint density at radius 3 is 2.67 bits per heavy atom. The van der Waals surface area contributed by atoms with Crippen molar-refractivity contribution in [3.8, 4) is 0 Å². The molecule has 1 unspecified atom stereocenters. The number of hydrogen-bond acceptors (Lipinski definition) is 2. The van der Waals surface area contributed by atoms with E-state index >= 15 is 0 Å². The third-order valence-corrected chi connectivity index (χ3v) is 1.54. The van der Waals surface area contributed by atoms with Crippen molar-refractivity contribution in [2.24, 2.45) is 10.7 Å². The summed E-state index contributed by atoms with van der Waals surface area (Å²) in [6.07, 6.45) is 1.42. The average molecular weight is 163 g/mol. The average Bonchev–Trinajstić information content (AvgIpc) is 2.15. The zero-order valence-corrected chi connectivity index (χ0v) is 7.07. The second-order valence-corrected chi connectivity index (χ2v) is 2.44. The second kappa shape index (κ2) is 4.51. The van der Waals surface area contributed by atoms with Crippen LogP contribution in [0.5, 0.6) is 0 Å². The molecule has 0 amide bonds. The number of nitrogens with zero attached hydrogens (tertiary/aromatic N) is 1. The summed E-state index contributed by atoms with van der Waals surface area (Å²) in [5.74, 6) is 0. The predicted molar refractivity (Wildman–Crippen MR) is 50.9 cm³/mol. The van der Waals surface area contributed by atoms with Crippen molar-refractivity contribution >= 4 is 6.34 Å². The minimum Gasteiger partial charge on any atom is -0.357 e. The number of benzene rings is 1. The van der Waals surface area contributed by atoms with E-state index in [0.717, 1.165) is 5.56 Å². The number of nitrogens with one attached hydrogen (secondary N) is 1. The van der Waals surface area contributed by atoms with Crippen molar-refractivity contribution in [3.05, 3.63) is 35.9 Å². The molecule has 0 spiro atoms. The van der Waals surface area contributed by atoms with Gasteiger partial charge in [0.2, 0.25) is 0 Å².